The number of hydrogen-bond donors (Lipinski definition) is 1. The number of likely N-dealkylation sites (tertiary alicyclic amines) is 1. The van der Waals surface area contributed by atoms with E-state index in [1.54, 1.807) is 0 Å². The molecule has 3 rings (SSSR count). The van der Waals surface area contributed by atoms with Crippen molar-refractivity contribution >= 4 is 5.91 Å². The molecule has 2 saturated heterocycles. The lowest BCUT2D eigenvalue weighted by Gasteiger charge is -2.36. The third-order valence-electron chi connectivity index (χ3n) is 6.83. The van der Waals surface area contributed by atoms with Crippen molar-refractivity contribution in [2.45, 2.75) is 83.8 Å². The summed E-state index contributed by atoms with van der Waals surface area (Å²) in [6.45, 7) is 8.65. The van der Waals surface area contributed by atoms with E-state index >= 15 is 0 Å². The van der Waals surface area contributed by atoms with E-state index in [1.165, 1.54) is 38.5 Å². The quantitative estimate of drug-likeness (QED) is 0.824. The Morgan fingerprint density at radius 3 is 2.24 bits per heavy atom. The first-order valence-corrected chi connectivity index (χ1v) is 10.8. The van der Waals surface area contributed by atoms with Gasteiger partial charge in [-0.15, -0.1) is 0 Å². The summed E-state index contributed by atoms with van der Waals surface area (Å²) >= 11 is 0. The van der Waals surface area contributed by atoms with E-state index in [-0.39, 0.29) is 0 Å². The van der Waals surface area contributed by atoms with Crippen LogP contribution in [0.2, 0.25) is 0 Å². The summed E-state index contributed by atoms with van der Waals surface area (Å²) in [4.78, 5) is 14.8. The van der Waals surface area contributed by atoms with Gasteiger partial charge in [0.1, 0.15) is 0 Å². The van der Waals surface area contributed by atoms with E-state index in [0.717, 1.165) is 57.3 Å². The average molecular weight is 351 g/mol. The van der Waals surface area contributed by atoms with Crippen molar-refractivity contribution in [2.75, 3.05) is 26.2 Å². The Morgan fingerprint density at radius 1 is 1.00 bits per heavy atom. The summed E-state index contributed by atoms with van der Waals surface area (Å²) in [5.41, 5.74) is 0. The van der Waals surface area contributed by atoms with Gasteiger partial charge >= 0.3 is 0 Å². The number of carbonyl (C=O) groups excluding carboxylic acids is 1. The topological polar surface area (TPSA) is 41.6 Å². The SMILES string of the molecule is CC1CCC(OC2CCN(C(=O)CC(C)C3CCNCC3)CC2)CC1. The van der Waals surface area contributed by atoms with Crippen LogP contribution in [0.1, 0.15) is 71.6 Å². The molecule has 1 amide bonds. The van der Waals surface area contributed by atoms with Crippen molar-refractivity contribution in [3.05, 3.63) is 0 Å². The van der Waals surface area contributed by atoms with E-state index in [0.29, 0.717) is 24.0 Å². The molecule has 1 unspecified atom stereocenters. The smallest absolute Gasteiger partial charge is 0.222 e. The number of amides is 1. The van der Waals surface area contributed by atoms with Crippen molar-refractivity contribution in [3.8, 4) is 0 Å². The van der Waals surface area contributed by atoms with Crippen LogP contribution in [0.3, 0.4) is 0 Å². The average Bonchev–Trinajstić information content (AvgIpc) is 2.65. The highest BCUT2D eigenvalue weighted by Crippen LogP contribution is 2.29. The number of carbonyl (C=O) groups is 1. The Morgan fingerprint density at radius 2 is 1.60 bits per heavy atom. The maximum Gasteiger partial charge on any atom is 0.222 e. The highest BCUT2D eigenvalue weighted by molar-refractivity contribution is 5.76. The van der Waals surface area contributed by atoms with E-state index < -0.39 is 0 Å². The Labute approximate surface area is 154 Å². The number of rotatable bonds is 5. The maximum absolute atomic E-state index is 12.7. The molecule has 0 bridgehead atoms. The predicted octanol–water partition coefficient (Wildman–Crippen LogP) is 3.60. The molecule has 4 heteroatoms. The predicted molar refractivity (Wildman–Crippen MR) is 101 cm³/mol. The Balaban J connectivity index is 1.35. The molecule has 0 spiro atoms. The van der Waals surface area contributed by atoms with Crippen LogP contribution in [-0.4, -0.2) is 49.2 Å². The first-order chi connectivity index (χ1) is 12.1. The molecule has 0 radical (unpaired) electrons. The summed E-state index contributed by atoms with van der Waals surface area (Å²) in [6, 6.07) is 0. The first-order valence-electron chi connectivity index (χ1n) is 10.8. The third-order valence-corrected chi connectivity index (χ3v) is 6.83. The third kappa shape index (κ3) is 5.68. The zero-order valence-electron chi connectivity index (χ0n) is 16.3. The number of nitrogens with zero attached hydrogens (tertiary/aromatic N) is 1. The fourth-order valence-corrected chi connectivity index (χ4v) is 4.86. The fraction of sp³-hybridized carbons (Fsp3) is 0.952. The van der Waals surface area contributed by atoms with Crippen LogP contribution in [0, 0.1) is 17.8 Å². The molecular weight excluding hydrogens is 312 g/mol. The second-order valence-electron chi connectivity index (χ2n) is 8.87. The number of hydrogen-bond acceptors (Lipinski definition) is 3. The normalized spacial score (nSPS) is 31.0. The summed E-state index contributed by atoms with van der Waals surface area (Å²) in [7, 11) is 0. The van der Waals surface area contributed by atoms with Crippen LogP contribution in [0.25, 0.3) is 0 Å². The second kappa shape index (κ2) is 9.36. The molecule has 2 heterocycles. The van der Waals surface area contributed by atoms with Gasteiger partial charge in [0, 0.05) is 19.5 Å². The standard InChI is InChI=1S/C21H38N2O2/c1-16-3-5-19(6-4-16)25-20-9-13-23(14-10-20)21(24)15-17(2)18-7-11-22-12-8-18/h16-20,22H,3-15H2,1-2H3. The minimum absolute atomic E-state index is 0.371. The molecule has 25 heavy (non-hydrogen) atoms. The minimum atomic E-state index is 0.371. The molecular formula is C21H38N2O2. The largest absolute Gasteiger partial charge is 0.375 e. The van der Waals surface area contributed by atoms with Crippen molar-refractivity contribution in [3.63, 3.8) is 0 Å². The molecule has 2 aliphatic heterocycles. The van der Waals surface area contributed by atoms with E-state index in [2.05, 4.69) is 24.1 Å². The van der Waals surface area contributed by atoms with Gasteiger partial charge in [0.15, 0.2) is 0 Å². The summed E-state index contributed by atoms with van der Waals surface area (Å²) in [5.74, 6) is 2.49. The zero-order chi connectivity index (χ0) is 17.6. The molecule has 0 aromatic carbocycles. The lowest BCUT2D eigenvalue weighted by molar-refractivity contribution is -0.136. The summed E-state index contributed by atoms with van der Waals surface area (Å²) < 4.78 is 6.34. The molecule has 1 atom stereocenters. The molecule has 1 N–H and O–H groups in total. The van der Waals surface area contributed by atoms with E-state index in [1.807, 2.05) is 0 Å². The van der Waals surface area contributed by atoms with Crippen LogP contribution >= 0.6 is 0 Å². The lowest BCUT2D eigenvalue weighted by Crippen LogP contribution is -2.43. The maximum atomic E-state index is 12.7. The first kappa shape index (κ1) is 19.2. The van der Waals surface area contributed by atoms with Crippen LogP contribution in [0.4, 0.5) is 0 Å². The molecule has 1 aliphatic carbocycles. The molecule has 0 aromatic rings. The van der Waals surface area contributed by atoms with Gasteiger partial charge in [0.25, 0.3) is 0 Å². The number of nitrogens with one attached hydrogen (secondary N) is 1. The van der Waals surface area contributed by atoms with Crippen molar-refractivity contribution in [1.82, 2.24) is 10.2 Å². The van der Waals surface area contributed by atoms with E-state index in [9.17, 15) is 4.79 Å². The van der Waals surface area contributed by atoms with Crippen LogP contribution in [-0.2, 0) is 9.53 Å². The van der Waals surface area contributed by atoms with Gasteiger partial charge in [-0.1, -0.05) is 13.8 Å². The van der Waals surface area contributed by atoms with Crippen molar-refractivity contribution in [2.24, 2.45) is 17.8 Å². The van der Waals surface area contributed by atoms with Gasteiger partial charge in [-0.05, 0) is 82.2 Å². The minimum Gasteiger partial charge on any atom is -0.375 e. The highest BCUT2D eigenvalue weighted by Gasteiger charge is 2.29. The lowest BCUT2D eigenvalue weighted by atomic mass is 9.84. The molecule has 0 aromatic heterocycles. The van der Waals surface area contributed by atoms with E-state index in [4.69, 9.17) is 4.74 Å². The van der Waals surface area contributed by atoms with Gasteiger partial charge in [-0.25, -0.2) is 0 Å². The molecule has 4 nitrogen and oxygen atoms in total. The zero-order valence-corrected chi connectivity index (χ0v) is 16.3. The number of piperidine rings is 2. The van der Waals surface area contributed by atoms with Gasteiger partial charge in [0.2, 0.25) is 5.91 Å². The molecule has 3 fully saturated rings. The molecule has 1 saturated carbocycles. The van der Waals surface area contributed by atoms with Gasteiger partial charge in [-0.2, -0.15) is 0 Å². The molecule has 144 valence electrons. The fourth-order valence-electron chi connectivity index (χ4n) is 4.86. The highest BCUT2D eigenvalue weighted by atomic mass is 16.5. The van der Waals surface area contributed by atoms with Crippen molar-refractivity contribution in [1.29, 1.82) is 0 Å². The Kier molecular flexibility index (Phi) is 7.18. The van der Waals surface area contributed by atoms with Crippen molar-refractivity contribution < 1.29 is 9.53 Å². The van der Waals surface area contributed by atoms with Crippen LogP contribution < -0.4 is 5.32 Å². The Bertz CT molecular complexity index is 406. The molecule has 3 aliphatic rings. The summed E-state index contributed by atoms with van der Waals surface area (Å²) in [6.07, 6.45) is 11.2. The summed E-state index contributed by atoms with van der Waals surface area (Å²) in [5, 5.41) is 3.42. The van der Waals surface area contributed by atoms with Gasteiger partial charge < -0.3 is 15.0 Å². The monoisotopic (exact) mass is 350 g/mol. The van der Waals surface area contributed by atoms with Crippen LogP contribution in [0.15, 0.2) is 0 Å². The van der Waals surface area contributed by atoms with Gasteiger partial charge in [-0.3, -0.25) is 4.79 Å². The Hall–Kier alpha value is -0.610. The second-order valence-corrected chi connectivity index (χ2v) is 8.87. The van der Waals surface area contributed by atoms with Crippen LogP contribution in [0.5, 0.6) is 0 Å². The van der Waals surface area contributed by atoms with Gasteiger partial charge in [0.05, 0.1) is 12.2 Å². The number of ether oxygens (including phenoxy) is 1.